The van der Waals surface area contributed by atoms with Crippen LogP contribution in [0, 0.1) is 0 Å². The molecule has 0 bridgehead atoms. The molecule has 1 amide bonds. The van der Waals surface area contributed by atoms with Crippen LogP contribution in [-0.4, -0.2) is 58.1 Å². The highest BCUT2D eigenvalue weighted by atomic mass is 79.9. The molecule has 1 fully saturated rings. The number of anilines is 3. The highest BCUT2D eigenvalue weighted by Crippen LogP contribution is 2.24. The zero-order valence-corrected chi connectivity index (χ0v) is 18.5. The molecule has 0 spiro atoms. The molecular formula is C21H25BrN6O2. The van der Waals surface area contributed by atoms with Gasteiger partial charge < -0.3 is 24.3 Å². The number of fused-ring (bicyclic) bond motifs is 1. The first kappa shape index (κ1) is 20.5. The Morgan fingerprint density at radius 1 is 1.20 bits per heavy atom. The predicted molar refractivity (Wildman–Crippen MR) is 120 cm³/mol. The SMILES string of the molecule is CCCCOC(=O)N1CCN(c2ccc(Nc3nc(Br)cn4ccnc34)cc2)CC1. The highest BCUT2D eigenvalue weighted by Gasteiger charge is 2.22. The number of rotatable bonds is 6. The molecule has 1 saturated heterocycles. The molecule has 3 aromatic rings. The average Bonchev–Trinajstić information content (AvgIpc) is 3.23. The van der Waals surface area contributed by atoms with Crippen LogP contribution < -0.4 is 10.2 Å². The summed E-state index contributed by atoms with van der Waals surface area (Å²) in [5, 5.41) is 3.34. The molecule has 1 N–H and O–H groups in total. The van der Waals surface area contributed by atoms with Gasteiger partial charge in [0.15, 0.2) is 11.5 Å². The third-order valence-corrected chi connectivity index (χ3v) is 5.48. The third-order valence-electron chi connectivity index (χ3n) is 5.10. The molecule has 3 heterocycles. The number of piperazine rings is 1. The van der Waals surface area contributed by atoms with Gasteiger partial charge in [0.1, 0.15) is 4.60 Å². The van der Waals surface area contributed by atoms with Crippen LogP contribution in [0.4, 0.5) is 22.0 Å². The van der Waals surface area contributed by atoms with Crippen molar-refractivity contribution in [1.29, 1.82) is 0 Å². The summed E-state index contributed by atoms with van der Waals surface area (Å²) in [5.74, 6) is 0.692. The van der Waals surface area contributed by atoms with Crippen molar-refractivity contribution in [2.24, 2.45) is 0 Å². The van der Waals surface area contributed by atoms with Crippen LogP contribution in [0.1, 0.15) is 19.8 Å². The standard InChI is InChI=1S/C21H25BrN6O2/c1-2-3-14-30-21(29)27-12-10-26(11-13-27)17-6-4-16(5-7-17)24-19-20-23-8-9-28(20)15-18(22)25-19/h4-9,15H,2-3,10-14H2,1H3,(H,24,25). The van der Waals surface area contributed by atoms with Gasteiger partial charge in [-0.05, 0) is 46.6 Å². The van der Waals surface area contributed by atoms with E-state index in [-0.39, 0.29) is 6.09 Å². The second kappa shape index (κ2) is 9.34. The number of carbonyl (C=O) groups excluding carboxylic acids is 1. The maximum absolute atomic E-state index is 12.1. The van der Waals surface area contributed by atoms with Crippen LogP contribution in [0.3, 0.4) is 0 Å². The van der Waals surface area contributed by atoms with Crippen LogP contribution in [0.15, 0.2) is 47.5 Å². The fourth-order valence-electron chi connectivity index (χ4n) is 3.42. The smallest absolute Gasteiger partial charge is 0.409 e. The minimum atomic E-state index is -0.200. The van der Waals surface area contributed by atoms with Crippen LogP contribution >= 0.6 is 15.9 Å². The number of carbonyl (C=O) groups is 1. The van der Waals surface area contributed by atoms with Crippen molar-refractivity contribution in [1.82, 2.24) is 19.3 Å². The number of amides is 1. The fourth-order valence-corrected chi connectivity index (χ4v) is 3.82. The molecule has 0 unspecified atom stereocenters. The number of nitrogens with one attached hydrogen (secondary N) is 1. The minimum absolute atomic E-state index is 0.200. The molecule has 2 aromatic heterocycles. The molecular weight excluding hydrogens is 448 g/mol. The van der Waals surface area contributed by atoms with E-state index in [9.17, 15) is 4.79 Å². The molecule has 1 aliphatic rings. The Labute approximate surface area is 184 Å². The zero-order valence-electron chi connectivity index (χ0n) is 16.9. The van der Waals surface area contributed by atoms with Gasteiger partial charge in [0.05, 0.1) is 6.61 Å². The maximum atomic E-state index is 12.1. The summed E-state index contributed by atoms with van der Waals surface area (Å²) in [6.45, 7) is 5.51. The summed E-state index contributed by atoms with van der Waals surface area (Å²) >= 11 is 3.43. The maximum Gasteiger partial charge on any atom is 0.409 e. The lowest BCUT2D eigenvalue weighted by Gasteiger charge is -2.35. The lowest BCUT2D eigenvalue weighted by atomic mass is 10.2. The van der Waals surface area contributed by atoms with Gasteiger partial charge in [-0.25, -0.2) is 14.8 Å². The molecule has 9 heteroatoms. The molecule has 0 atom stereocenters. The van der Waals surface area contributed by atoms with Crippen molar-refractivity contribution in [2.75, 3.05) is 43.0 Å². The first-order chi connectivity index (χ1) is 14.6. The van der Waals surface area contributed by atoms with Crippen molar-refractivity contribution < 1.29 is 9.53 Å². The van der Waals surface area contributed by atoms with E-state index in [0.29, 0.717) is 25.5 Å². The Balaban J connectivity index is 1.35. The number of ether oxygens (including phenoxy) is 1. The monoisotopic (exact) mass is 472 g/mol. The topological polar surface area (TPSA) is 75.0 Å². The van der Waals surface area contributed by atoms with E-state index < -0.39 is 0 Å². The number of hydrogen-bond acceptors (Lipinski definition) is 6. The second-order valence-corrected chi connectivity index (χ2v) is 8.00. The average molecular weight is 473 g/mol. The Kier molecular flexibility index (Phi) is 6.37. The van der Waals surface area contributed by atoms with Gasteiger partial charge in [0.25, 0.3) is 0 Å². The molecule has 1 aliphatic heterocycles. The molecule has 30 heavy (non-hydrogen) atoms. The number of hydrogen-bond donors (Lipinski definition) is 1. The van der Waals surface area contributed by atoms with Gasteiger partial charge in [0, 0.05) is 56.1 Å². The van der Waals surface area contributed by atoms with Gasteiger partial charge in [-0.15, -0.1) is 0 Å². The lowest BCUT2D eigenvalue weighted by Crippen LogP contribution is -2.49. The zero-order chi connectivity index (χ0) is 20.9. The minimum Gasteiger partial charge on any atom is -0.449 e. The third kappa shape index (κ3) is 4.67. The molecule has 0 saturated carbocycles. The Bertz CT molecular complexity index is 998. The summed E-state index contributed by atoms with van der Waals surface area (Å²) in [6.07, 6.45) is 7.24. The number of imidazole rings is 1. The van der Waals surface area contributed by atoms with Gasteiger partial charge in [-0.1, -0.05) is 13.3 Å². The van der Waals surface area contributed by atoms with Crippen LogP contribution in [0.5, 0.6) is 0 Å². The summed E-state index contributed by atoms with van der Waals surface area (Å²) in [5.41, 5.74) is 2.84. The molecule has 8 nitrogen and oxygen atoms in total. The summed E-state index contributed by atoms with van der Waals surface area (Å²) in [7, 11) is 0. The van der Waals surface area contributed by atoms with Crippen molar-refractivity contribution >= 4 is 44.9 Å². The Morgan fingerprint density at radius 2 is 1.97 bits per heavy atom. The largest absolute Gasteiger partial charge is 0.449 e. The quantitative estimate of drug-likeness (QED) is 0.539. The first-order valence-electron chi connectivity index (χ1n) is 10.2. The first-order valence-corrected chi connectivity index (χ1v) is 11.0. The molecule has 1 aromatic carbocycles. The summed E-state index contributed by atoms with van der Waals surface area (Å²) in [6, 6.07) is 8.22. The van der Waals surface area contributed by atoms with E-state index in [1.165, 1.54) is 0 Å². The van der Waals surface area contributed by atoms with E-state index in [1.54, 1.807) is 11.1 Å². The number of unbranched alkanes of at least 4 members (excludes halogenated alkanes) is 1. The van der Waals surface area contributed by atoms with E-state index in [1.807, 2.05) is 28.9 Å². The van der Waals surface area contributed by atoms with E-state index in [0.717, 1.165) is 47.6 Å². The van der Waals surface area contributed by atoms with Gasteiger partial charge in [-0.2, -0.15) is 0 Å². The highest BCUT2D eigenvalue weighted by molar-refractivity contribution is 9.10. The van der Waals surface area contributed by atoms with Crippen molar-refractivity contribution in [3.63, 3.8) is 0 Å². The Morgan fingerprint density at radius 3 is 2.70 bits per heavy atom. The number of nitrogens with zero attached hydrogens (tertiary/aromatic N) is 5. The van der Waals surface area contributed by atoms with Crippen LogP contribution in [0.25, 0.3) is 5.65 Å². The number of aromatic nitrogens is 3. The number of benzene rings is 1. The normalized spacial score (nSPS) is 14.2. The lowest BCUT2D eigenvalue weighted by molar-refractivity contribution is 0.0989. The number of halogens is 1. The van der Waals surface area contributed by atoms with E-state index >= 15 is 0 Å². The van der Waals surface area contributed by atoms with Crippen molar-refractivity contribution in [2.45, 2.75) is 19.8 Å². The van der Waals surface area contributed by atoms with Gasteiger partial charge >= 0.3 is 6.09 Å². The summed E-state index contributed by atoms with van der Waals surface area (Å²) < 4.78 is 7.96. The van der Waals surface area contributed by atoms with Crippen LogP contribution in [0.2, 0.25) is 0 Å². The van der Waals surface area contributed by atoms with Crippen LogP contribution in [-0.2, 0) is 4.74 Å². The Hall–Kier alpha value is -2.81. The predicted octanol–water partition coefficient (Wildman–Crippen LogP) is 4.29. The molecule has 0 aliphatic carbocycles. The second-order valence-electron chi connectivity index (χ2n) is 7.18. The summed E-state index contributed by atoms with van der Waals surface area (Å²) in [4.78, 5) is 25.0. The van der Waals surface area contributed by atoms with Crippen molar-refractivity contribution in [3.8, 4) is 0 Å². The van der Waals surface area contributed by atoms with E-state index in [4.69, 9.17) is 4.74 Å². The molecule has 4 rings (SSSR count). The van der Waals surface area contributed by atoms with E-state index in [2.05, 4.69) is 55.2 Å². The molecule has 158 valence electrons. The fraction of sp³-hybridized carbons (Fsp3) is 0.381. The van der Waals surface area contributed by atoms with Crippen molar-refractivity contribution in [3.05, 3.63) is 47.5 Å². The van der Waals surface area contributed by atoms with Gasteiger partial charge in [0.2, 0.25) is 0 Å². The molecule has 0 radical (unpaired) electrons. The van der Waals surface area contributed by atoms with Gasteiger partial charge in [-0.3, -0.25) is 0 Å².